The van der Waals surface area contributed by atoms with Crippen molar-refractivity contribution in [2.24, 2.45) is 0 Å². The van der Waals surface area contributed by atoms with Crippen molar-refractivity contribution in [2.75, 3.05) is 28.3 Å². The summed E-state index contributed by atoms with van der Waals surface area (Å²) < 4.78 is 10.5. The Kier molecular flexibility index (Phi) is 7.23. The quantitative estimate of drug-likeness (QED) is 0.736. The van der Waals surface area contributed by atoms with Gasteiger partial charge in [-0.25, -0.2) is 9.86 Å². The Morgan fingerprint density at radius 2 is 1.64 bits per heavy atom. The van der Waals surface area contributed by atoms with E-state index < -0.39 is 17.7 Å². The van der Waals surface area contributed by atoms with Gasteiger partial charge in [-0.3, -0.25) is 14.5 Å². The van der Waals surface area contributed by atoms with Crippen LogP contribution in [-0.2, 0) is 20.8 Å². The molecule has 0 aliphatic heterocycles. The first-order valence-electron chi connectivity index (χ1n) is 7.99. The van der Waals surface area contributed by atoms with Crippen molar-refractivity contribution in [2.45, 2.75) is 38.8 Å². The molecule has 0 saturated carbocycles. The molecule has 0 aliphatic rings. The number of amides is 2. The Morgan fingerprint density at radius 1 is 1.08 bits per heavy atom. The molecule has 0 aliphatic carbocycles. The lowest BCUT2D eigenvalue weighted by atomic mass is 10.0. The zero-order chi connectivity index (χ0) is 19.2. The molecule has 140 valence electrons. The molecular formula is C18H28N2O5. The molecule has 7 nitrogen and oxygen atoms in total. The summed E-state index contributed by atoms with van der Waals surface area (Å²) in [7, 11) is 6.04. The second kappa shape index (κ2) is 8.71. The van der Waals surface area contributed by atoms with Gasteiger partial charge in [-0.05, 0) is 38.5 Å². The minimum Gasteiger partial charge on any atom is -0.497 e. The molecule has 0 spiro atoms. The maximum atomic E-state index is 12.6. The number of carbonyl (C=O) groups is 2. The zero-order valence-corrected chi connectivity index (χ0v) is 16.0. The van der Waals surface area contributed by atoms with Crippen molar-refractivity contribution in [3.63, 3.8) is 0 Å². The highest BCUT2D eigenvalue weighted by atomic mass is 16.7. The predicted molar refractivity (Wildman–Crippen MR) is 94.3 cm³/mol. The van der Waals surface area contributed by atoms with Crippen molar-refractivity contribution in [3.8, 4) is 5.75 Å². The second-order valence-electron chi connectivity index (χ2n) is 6.68. The molecule has 0 aromatic heterocycles. The van der Waals surface area contributed by atoms with Crippen LogP contribution in [0.4, 0.5) is 4.79 Å². The first-order valence-corrected chi connectivity index (χ1v) is 7.99. The number of methoxy groups -OCH3 is 1. The summed E-state index contributed by atoms with van der Waals surface area (Å²) in [5.41, 5.74) is 0.241. The third kappa shape index (κ3) is 6.26. The van der Waals surface area contributed by atoms with E-state index in [-0.39, 0.29) is 5.91 Å². The maximum Gasteiger partial charge on any atom is 0.410 e. The summed E-state index contributed by atoms with van der Waals surface area (Å²) in [6, 6.07) is 6.58. The molecule has 0 N–H and O–H groups in total. The van der Waals surface area contributed by atoms with Gasteiger partial charge in [-0.1, -0.05) is 12.1 Å². The van der Waals surface area contributed by atoms with Crippen LogP contribution in [0.15, 0.2) is 24.3 Å². The van der Waals surface area contributed by atoms with Crippen LogP contribution >= 0.6 is 0 Å². The van der Waals surface area contributed by atoms with Gasteiger partial charge < -0.3 is 9.47 Å². The van der Waals surface area contributed by atoms with Gasteiger partial charge >= 0.3 is 6.09 Å². The lowest BCUT2D eigenvalue weighted by molar-refractivity contribution is -0.173. The van der Waals surface area contributed by atoms with Gasteiger partial charge in [-0.2, -0.15) is 0 Å². The van der Waals surface area contributed by atoms with Gasteiger partial charge in [0.15, 0.2) is 0 Å². The van der Waals surface area contributed by atoms with Crippen LogP contribution in [0, 0.1) is 0 Å². The van der Waals surface area contributed by atoms with Gasteiger partial charge in [0.25, 0.3) is 5.91 Å². The van der Waals surface area contributed by atoms with E-state index in [0.29, 0.717) is 6.42 Å². The molecule has 0 radical (unpaired) electrons. The molecule has 1 aromatic carbocycles. The van der Waals surface area contributed by atoms with Crippen LogP contribution in [0.3, 0.4) is 0 Å². The van der Waals surface area contributed by atoms with Gasteiger partial charge in [-0.15, -0.1) is 0 Å². The molecule has 7 heteroatoms. The smallest absolute Gasteiger partial charge is 0.410 e. The average molecular weight is 352 g/mol. The Labute approximate surface area is 149 Å². The third-order valence-corrected chi connectivity index (χ3v) is 3.61. The number of benzene rings is 1. The van der Waals surface area contributed by atoms with E-state index >= 15 is 0 Å². The fourth-order valence-electron chi connectivity index (χ4n) is 2.14. The molecule has 0 saturated heterocycles. The first kappa shape index (κ1) is 20.8. The molecule has 0 bridgehead atoms. The van der Waals surface area contributed by atoms with Gasteiger partial charge in [0.1, 0.15) is 17.4 Å². The summed E-state index contributed by atoms with van der Waals surface area (Å²) in [5.74, 6) is 0.382. The Hall–Kier alpha value is -2.28. The molecule has 1 atom stereocenters. The summed E-state index contributed by atoms with van der Waals surface area (Å²) in [6.45, 7) is 5.33. The number of rotatable bonds is 6. The number of hydrogen-bond donors (Lipinski definition) is 0. The molecule has 2 amide bonds. The normalized spacial score (nSPS) is 12.3. The highest BCUT2D eigenvalue weighted by Gasteiger charge is 2.32. The lowest BCUT2D eigenvalue weighted by Gasteiger charge is -2.31. The number of hydroxylamine groups is 2. The fourth-order valence-corrected chi connectivity index (χ4v) is 2.14. The SMILES string of the molecule is COc1ccc(C[C@H](C(=O)N(C)OC)N(C)C(=O)OC(C)(C)C)cc1. The maximum absolute atomic E-state index is 12.6. The number of ether oxygens (including phenoxy) is 2. The van der Waals surface area contributed by atoms with Crippen LogP contribution < -0.4 is 4.74 Å². The van der Waals surface area contributed by atoms with E-state index in [1.165, 1.54) is 19.1 Å². The van der Waals surface area contributed by atoms with Crippen LogP contribution in [0.1, 0.15) is 26.3 Å². The first-order chi connectivity index (χ1) is 11.6. The third-order valence-electron chi connectivity index (χ3n) is 3.61. The Morgan fingerprint density at radius 3 is 2.08 bits per heavy atom. The van der Waals surface area contributed by atoms with Crippen LogP contribution in [0.2, 0.25) is 0 Å². The topological polar surface area (TPSA) is 68.3 Å². The van der Waals surface area contributed by atoms with Crippen LogP contribution in [0.5, 0.6) is 5.75 Å². The molecular weight excluding hydrogens is 324 g/mol. The summed E-state index contributed by atoms with van der Waals surface area (Å²) in [5, 5.41) is 1.11. The summed E-state index contributed by atoms with van der Waals surface area (Å²) in [6.07, 6.45) is -0.240. The minimum atomic E-state index is -0.756. The molecule has 1 aromatic rings. The Bertz CT molecular complexity index is 580. The number of nitrogens with zero attached hydrogens (tertiary/aromatic N) is 2. The molecule has 25 heavy (non-hydrogen) atoms. The van der Waals surface area contributed by atoms with E-state index in [9.17, 15) is 9.59 Å². The van der Waals surface area contributed by atoms with Crippen LogP contribution in [0.25, 0.3) is 0 Å². The average Bonchev–Trinajstić information content (AvgIpc) is 2.56. The van der Waals surface area contributed by atoms with E-state index in [2.05, 4.69) is 0 Å². The van der Waals surface area contributed by atoms with E-state index in [4.69, 9.17) is 14.3 Å². The molecule has 0 heterocycles. The van der Waals surface area contributed by atoms with Gasteiger partial charge in [0.2, 0.25) is 0 Å². The van der Waals surface area contributed by atoms with Crippen molar-refractivity contribution in [1.29, 1.82) is 0 Å². The van der Waals surface area contributed by atoms with E-state index in [1.807, 2.05) is 24.3 Å². The summed E-state index contributed by atoms with van der Waals surface area (Å²) >= 11 is 0. The molecule has 0 fully saturated rings. The van der Waals surface area contributed by atoms with Gasteiger partial charge in [0, 0.05) is 20.5 Å². The lowest BCUT2D eigenvalue weighted by Crippen LogP contribution is -2.50. The van der Waals surface area contributed by atoms with Crippen LogP contribution in [-0.4, -0.2) is 61.9 Å². The highest BCUT2D eigenvalue weighted by molar-refractivity contribution is 5.85. The van der Waals surface area contributed by atoms with Crippen molar-refractivity contribution >= 4 is 12.0 Å². The van der Waals surface area contributed by atoms with E-state index in [0.717, 1.165) is 16.4 Å². The standard InChI is InChI=1S/C18H28N2O5/c1-18(2,3)25-17(22)19(4)15(16(21)20(5)24-7)12-13-8-10-14(23-6)11-9-13/h8-11,15H,12H2,1-7H3/t15-/m1/s1. The number of hydrogen-bond acceptors (Lipinski definition) is 5. The van der Waals surface area contributed by atoms with Gasteiger partial charge in [0.05, 0.1) is 14.2 Å². The summed E-state index contributed by atoms with van der Waals surface area (Å²) in [4.78, 5) is 31.3. The van der Waals surface area contributed by atoms with E-state index in [1.54, 1.807) is 34.9 Å². The van der Waals surface area contributed by atoms with Crippen molar-refractivity contribution < 1.29 is 23.9 Å². The molecule has 0 unspecified atom stereocenters. The minimum absolute atomic E-state index is 0.326. The largest absolute Gasteiger partial charge is 0.497 e. The fraction of sp³-hybridized carbons (Fsp3) is 0.556. The number of likely N-dealkylation sites (N-methyl/N-ethyl adjacent to an activating group) is 2. The zero-order valence-electron chi connectivity index (χ0n) is 16.0. The molecule has 1 rings (SSSR count). The van der Waals surface area contributed by atoms with Crippen molar-refractivity contribution in [1.82, 2.24) is 9.96 Å². The van der Waals surface area contributed by atoms with Crippen molar-refractivity contribution in [3.05, 3.63) is 29.8 Å². The monoisotopic (exact) mass is 352 g/mol. The number of carbonyl (C=O) groups excluding carboxylic acids is 2. The Balaban J connectivity index is 3.02. The highest BCUT2D eigenvalue weighted by Crippen LogP contribution is 2.17. The predicted octanol–water partition coefficient (Wildman–Crippen LogP) is 2.49. The second-order valence-corrected chi connectivity index (χ2v) is 6.68.